The van der Waals surface area contributed by atoms with Crippen molar-refractivity contribution in [1.29, 1.82) is 0 Å². The third-order valence-electron chi connectivity index (χ3n) is 4.48. The molecule has 2 saturated heterocycles. The summed E-state index contributed by atoms with van der Waals surface area (Å²) in [7, 11) is 0. The van der Waals surface area contributed by atoms with Crippen molar-refractivity contribution in [1.82, 2.24) is 10.2 Å². The summed E-state index contributed by atoms with van der Waals surface area (Å²) >= 11 is 0. The molecule has 2 fully saturated rings. The molecule has 2 aliphatic heterocycles. The van der Waals surface area contributed by atoms with Crippen LogP contribution in [0.15, 0.2) is 30.3 Å². The van der Waals surface area contributed by atoms with E-state index in [0.717, 1.165) is 0 Å². The van der Waals surface area contributed by atoms with Gasteiger partial charge >= 0.3 is 0 Å². The molecular weight excluding hydrogens is 234 g/mol. The standard InChI is InChI=1S/C16H25N3/c1-16(8-9-17-12-16)13-19-10-7-15(11-19)18-14-5-3-2-4-6-14/h2-6,15,17-18H,7-13H2,1H3. The maximum Gasteiger partial charge on any atom is 0.0400 e. The van der Waals surface area contributed by atoms with Crippen LogP contribution in [-0.4, -0.2) is 43.7 Å². The average Bonchev–Trinajstić information content (AvgIpc) is 3.01. The Balaban J connectivity index is 1.50. The monoisotopic (exact) mass is 259 g/mol. The van der Waals surface area contributed by atoms with Crippen LogP contribution in [0.5, 0.6) is 0 Å². The third kappa shape index (κ3) is 3.28. The van der Waals surface area contributed by atoms with Crippen molar-refractivity contribution in [3.8, 4) is 0 Å². The van der Waals surface area contributed by atoms with Gasteiger partial charge in [0.25, 0.3) is 0 Å². The van der Waals surface area contributed by atoms with Crippen LogP contribution in [0.2, 0.25) is 0 Å². The molecule has 0 aromatic heterocycles. The van der Waals surface area contributed by atoms with Crippen molar-refractivity contribution in [3.05, 3.63) is 30.3 Å². The number of anilines is 1. The number of rotatable bonds is 4. The molecular formula is C16H25N3. The van der Waals surface area contributed by atoms with E-state index in [0.29, 0.717) is 11.5 Å². The Morgan fingerprint density at radius 2 is 2.21 bits per heavy atom. The molecule has 2 heterocycles. The van der Waals surface area contributed by atoms with Crippen LogP contribution >= 0.6 is 0 Å². The second kappa shape index (κ2) is 5.51. The zero-order valence-electron chi connectivity index (χ0n) is 11.9. The van der Waals surface area contributed by atoms with Crippen molar-refractivity contribution < 1.29 is 0 Å². The van der Waals surface area contributed by atoms with Gasteiger partial charge in [0.05, 0.1) is 0 Å². The summed E-state index contributed by atoms with van der Waals surface area (Å²) < 4.78 is 0. The molecule has 19 heavy (non-hydrogen) atoms. The fraction of sp³-hybridized carbons (Fsp3) is 0.625. The summed E-state index contributed by atoms with van der Waals surface area (Å²) in [6, 6.07) is 11.2. The Hall–Kier alpha value is -1.06. The van der Waals surface area contributed by atoms with E-state index in [1.54, 1.807) is 0 Å². The van der Waals surface area contributed by atoms with Crippen LogP contribution in [0, 0.1) is 5.41 Å². The van der Waals surface area contributed by atoms with Gasteiger partial charge in [-0.2, -0.15) is 0 Å². The predicted octanol–water partition coefficient (Wildman–Crippen LogP) is 2.17. The number of benzene rings is 1. The van der Waals surface area contributed by atoms with Crippen LogP contribution in [0.3, 0.4) is 0 Å². The van der Waals surface area contributed by atoms with Crippen LogP contribution < -0.4 is 10.6 Å². The summed E-state index contributed by atoms with van der Waals surface area (Å²) in [5.41, 5.74) is 1.74. The van der Waals surface area contributed by atoms with Gasteiger partial charge in [-0.25, -0.2) is 0 Å². The second-order valence-electron chi connectivity index (χ2n) is 6.47. The molecule has 3 heteroatoms. The van der Waals surface area contributed by atoms with Crippen LogP contribution in [-0.2, 0) is 0 Å². The Morgan fingerprint density at radius 3 is 2.95 bits per heavy atom. The molecule has 1 aromatic rings. The normalized spacial score (nSPS) is 31.7. The molecule has 2 atom stereocenters. The van der Waals surface area contributed by atoms with Gasteiger partial charge in [0.1, 0.15) is 0 Å². The maximum absolute atomic E-state index is 3.65. The van der Waals surface area contributed by atoms with Crippen molar-refractivity contribution in [3.63, 3.8) is 0 Å². The average molecular weight is 259 g/mol. The van der Waals surface area contributed by atoms with E-state index in [-0.39, 0.29) is 0 Å². The Kier molecular flexibility index (Phi) is 3.76. The Bertz CT molecular complexity index is 398. The van der Waals surface area contributed by atoms with Gasteiger partial charge in [0, 0.05) is 37.9 Å². The first-order valence-corrected chi connectivity index (χ1v) is 7.48. The van der Waals surface area contributed by atoms with Crippen LogP contribution in [0.25, 0.3) is 0 Å². The van der Waals surface area contributed by atoms with Gasteiger partial charge in [-0.1, -0.05) is 25.1 Å². The lowest BCUT2D eigenvalue weighted by molar-refractivity contribution is 0.208. The van der Waals surface area contributed by atoms with Crippen LogP contribution in [0.4, 0.5) is 5.69 Å². The van der Waals surface area contributed by atoms with Crippen molar-refractivity contribution in [2.45, 2.75) is 25.8 Å². The fourth-order valence-electron chi connectivity index (χ4n) is 3.41. The summed E-state index contributed by atoms with van der Waals surface area (Å²) in [5, 5.41) is 7.15. The second-order valence-corrected chi connectivity index (χ2v) is 6.47. The van der Waals surface area contributed by atoms with E-state index in [2.05, 4.69) is 52.8 Å². The summed E-state index contributed by atoms with van der Waals surface area (Å²) in [6.45, 7) is 8.46. The number of hydrogen-bond donors (Lipinski definition) is 2. The first-order chi connectivity index (χ1) is 9.23. The molecule has 0 saturated carbocycles. The number of hydrogen-bond acceptors (Lipinski definition) is 3. The lowest BCUT2D eigenvalue weighted by atomic mass is 9.89. The smallest absolute Gasteiger partial charge is 0.0400 e. The van der Waals surface area contributed by atoms with Gasteiger partial charge in [-0.05, 0) is 36.9 Å². The Labute approximate surface area is 116 Å². The molecule has 3 nitrogen and oxygen atoms in total. The number of likely N-dealkylation sites (tertiary alicyclic amines) is 1. The van der Waals surface area contributed by atoms with Gasteiger partial charge in [-0.15, -0.1) is 0 Å². The van der Waals surface area contributed by atoms with E-state index >= 15 is 0 Å². The highest BCUT2D eigenvalue weighted by atomic mass is 15.2. The minimum atomic E-state index is 0.488. The summed E-state index contributed by atoms with van der Waals surface area (Å²) in [6.07, 6.45) is 2.58. The molecule has 1 aromatic carbocycles. The highest BCUT2D eigenvalue weighted by molar-refractivity contribution is 5.43. The maximum atomic E-state index is 3.65. The topological polar surface area (TPSA) is 27.3 Å². The highest BCUT2D eigenvalue weighted by Gasteiger charge is 2.33. The molecule has 104 valence electrons. The zero-order valence-corrected chi connectivity index (χ0v) is 11.9. The summed E-state index contributed by atoms with van der Waals surface area (Å²) in [4.78, 5) is 2.63. The van der Waals surface area contributed by atoms with E-state index in [4.69, 9.17) is 0 Å². The molecule has 0 bridgehead atoms. The minimum Gasteiger partial charge on any atom is -0.381 e. The number of para-hydroxylation sites is 1. The molecule has 2 N–H and O–H groups in total. The van der Waals surface area contributed by atoms with Gasteiger partial charge < -0.3 is 15.5 Å². The fourth-order valence-corrected chi connectivity index (χ4v) is 3.41. The van der Waals surface area contributed by atoms with E-state index in [1.165, 1.54) is 51.3 Å². The lowest BCUT2D eigenvalue weighted by Gasteiger charge is -2.29. The van der Waals surface area contributed by atoms with Crippen molar-refractivity contribution >= 4 is 5.69 Å². The highest BCUT2D eigenvalue weighted by Crippen LogP contribution is 2.27. The minimum absolute atomic E-state index is 0.488. The van der Waals surface area contributed by atoms with Gasteiger partial charge in [0.15, 0.2) is 0 Å². The summed E-state index contributed by atoms with van der Waals surface area (Å²) in [5.74, 6) is 0. The first-order valence-electron chi connectivity index (χ1n) is 7.48. The first kappa shape index (κ1) is 12.9. The molecule has 3 rings (SSSR count). The Morgan fingerprint density at radius 1 is 1.37 bits per heavy atom. The van der Waals surface area contributed by atoms with Crippen molar-refractivity contribution in [2.75, 3.05) is 38.0 Å². The SMILES string of the molecule is CC1(CN2CCC(Nc3ccccc3)C2)CCNC1. The van der Waals surface area contributed by atoms with E-state index < -0.39 is 0 Å². The number of nitrogens with one attached hydrogen (secondary N) is 2. The molecule has 0 aliphatic carbocycles. The molecule has 0 radical (unpaired) electrons. The van der Waals surface area contributed by atoms with Gasteiger partial charge in [-0.3, -0.25) is 0 Å². The molecule has 2 unspecified atom stereocenters. The van der Waals surface area contributed by atoms with Crippen molar-refractivity contribution in [2.24, 2.45) is 5.41 Å². The predicted molar refractivity (Wildman–Crippen MR) is 80.5 cm³/mol. The van der Waals surface area contributed by atoms with Gasteiger partial charge in [0.2, 0.25) is 0 Å². The van der Waals surface area contributed by atoms with E-state index in [9.17, 15) is 0 Å². The largest absolute Gasteiger partial charge is 0.381 e. The zero-order chi connectivity index (χ0) is 13.1. The molecule has 0 spiro atoms. The third-order valence-corrected chi connectivity index (χ3v) is 4.48. The lowest BCUT2D eigenvalue weighted by Crippen LogP contribution is -2.37. The van der Waals surface area contributed by atoms with Crippen LogP contribution in [0.1, 0.15) is 19.8 Å². The number of nitrogens with zero attached hydrogens (tertiary/aromatic N) is 1. The molecule has 2 aliphatic rings. The quantitative estimate of drug-likeness (QED) is 0.868. The molecule has 0 amide bonds. The van der Waals surface area contributed by atoms with E-state index in [1.807, 2.05) is 0 Å².